The summed E-state index contributed by atoms with van der Waals surface area (Å²) in [4.78, 5) is 21.9. The Bertz CT molecular complexity index is 772. The molecule has 0 N–H and O–H groups in total. The zero-order valence-corrected chi connectivity index (χ0v) is 12.2. The Morgan fingerprint density at radius 2 is 1.75 bits per heavy atom. The zero-order chi connectivity index (χ0) is 17.9. The molecule has 0 saturated heterocycles. The summed E-state index contributed by atoms with van der Waals surface area (Å²) in [6, 6.07) is 8.28. The highest BCUT2D eigenvalue weighted by molar-refractivity contribution is 5.92. The first-order chi connectivity index (χ1) is 11.2. The Labute approximate surface area is 133 Å². The third-order valence-electron chi connectivity index (χ3n) is 3.01. The second-order valence-corrected chi connectivity index (χ2v) is 4.55. The van der Waals surface area contributed by atoms with Crippen LogP contribution in [0.25, 0.3) is 11.1 Å². The van der Waals surface area contributed by atoms with Crippen LogP contribution in [-0.4, -0.2) is 24.4 Å². The number of benzene rings is 2. The molecule has 0 heterocycles. The first-order valence-corrected chi connectivity index (χ1v) is 6.44. The van der Waals surface area contributed by atoms with Crippen LogP contribution in [0.2, 0.25) is 0 Å². The van der Waals surface area contributed by atoms with E-state index in [1.807, 2.05) is 0 Å². The number of ether oxygens (including phenoxy) is 2. The van der Waals surface area contributed by atoms with Gasteiger partial charge in [-0.25, -0.2) is 4.79 Å². The molecule has 0 aliphatic rings. The molecule has 0 bridgehead atoms. The molecule has 9 heteroatoms. The van der Waals surface area contributed by atoms with Gasteiger partial charge in [0.05, 0.1) is 23.2 Å². The second-order valence-electron chi connectivity index (χ2n) is 4.55. The van der Waals surface area contributed by atoms with Crippen LogP contribution in [0.5, 0.6) is 5.75 Å². The van der Waals surface area contributed by atoms with Crippen LogP contribution in [0.3, 0.4) is 0 Å². The molecule has 0 amide bonds. The third-order valence-corrected chi connectivity index (χ3v) is 3.01. The van der Waals surface area contributed by atoms with Crippen LogP contribution in [0.4, 0.5) is 18.9 Å². The lowest BCUT2D eigenvalue weighted by Gasteiger charge is -2.10. The molecule has 24 heavy (non-hydrogen) atoms. The lowest BCUT2D eigenvalue weighted by Crippen LogP contribution is -2.16. The maximum Gasteiger partial charge on any atom is 0.573 e. The van der Waals surface area contributed by atoms with Crippen molar-refractivity contribution in [2.75, 3.05) is 7.11 Å². The molecule has 0 spiro atoms. The Kier molecular flexibility index (Phi) is 4.72. The number of esters is 1. The smallest absolute Gasteiger partial charge is 0.465 e. The minimum atomic E-state index is -4.82. The van der Waals surface area contributed by atoms with Gasteiger partial charge in [-0.15, -0.1) is 13.2 Å². The molecule has 2 rings (SSSR count). The number of carbonyl (C=O) groups is 1. The molecule has 0 saturated carbocycles. The van der Waals surface area contributed by atoms with Crippen molar-refractivity contribution in [2.24, 2.45) is 0 Å². The van der Waals surface area contributed by atoms with Crippen molar-refractivity contribution in [3.8, 4) is 16.9 Å². The van der Waals surface area contributed by atoms with E-state index in [0.717, 1.165) is 25.3 Å². The van der Waals surface area contributed by atoms with Crippen LogP contribution in [0.15, 0.2) is 42.5 Å². The molecular weight excluding hydrogens is 331 g/mol. The number of nitro groups is 1. The minimum absolute atomic E-state index is 0.00928. The van der Waals surface area contributed by atoms with Gasteiger partial charge in [-0.05, 0) is 29.8 Å². The van der Waals surface area contributed by atoms with Gasteiger partial charge in [-0.1, -0.05) is 12.1 Å². The normalized spacial score (nSPS) is 11.0. The molecule has 0 atom stereocenters. The predicted molar refractivity (Wildman–Crippen MR) is 76.6 cm³/mol. The first kappa shape index (κ1) is 17.3. The number of halogens is 3. The molecule has 0 fully saturated rings. The van der Waals surface area contributed by atoms with Crippen molar-refractivity contribution >= 4 is 11.7 Å². The van der Waals surface area contributed by atoms with Crippen LogP contribution in [0.1, 0.15) is 10.4 Å². The highest BCUT2D eigenvalue weighted by atomic mass is 19.4. The Hall–Kier alpha value is -3.10. The molecule has 6 nitrogen and oxygen atoms in total. The summed E-state index contributed by atoms with van der Waals surface area (Å²) in [5.41, 5.74) is 0.0613. The van der Waals surface area contributed by atoms with E-state index in [1.54, 1.807) is 0 Å². The van der Waals surface area contributed by atoms with Crippen molar-refractivity contribution in [1.29, 1.82) is 0 Å². The Morgan fingerprint density at radius 1 is 1.12 bits per heavy atom. The summed E-state index contributed by atoms with van der Waals surface area (Å²) in [6.45, 7) is 0. The number of carbonyl (C=O) groups excluding carboxylic acids is 1. The highest BCUT2D eigenvalue weighted by Crippen LogP contribution is 2.33. The van der Waals surface area contributed by atoms with Crippen molar-refractivity contribution < 1.29 is 32.4 Å². The fourth-order valence-corrected chi connectivity index (χ4v) is 2.01. The maximum absolute atomic E-state index is 12.1. The summed E-state index contributed by atoms with van der Waals surface area (Å²) >= 11 is 0. The summed E-state index contributed by atoms with van der Waals surface area (Å²) < 4.78 is 44.6. The molecular formula is C15H10F3NO5. The van der Waals surface area contributed by atoms with Gasteiger partial charge in [0.25, 0.3) is 5.69 Å². The van der Waals surface area contributed by atoms with Crippen molar-refractivity contribution in [2.45, 2.75) is 6.36 Å². The lowest BCUT2D eigenvalue weighted by molar-refractivity contribution is -0.384. The first-order valence-electron chi connectivity index (χ1n) is 6.44. The minimum Gasteiger partial charge on any atom is -0.465 e. The Balaban J connectivity index is 2.41. The summed E-state index contributed by atoms with van der Waals surface area (Å²) in [6.07, 6.45) is -4.82. The molecule has 0 radical (unpaired) electrons. The standard InChI is InChI=1S/C15H10F3NO5/c1-23-14(20)10-4-7-12(13(8-10)19(21)22)9-2-5-11(6-3-9)24-15(16,17)18/h2-8H,1H3. The monoisotopic (exact) mass is 341 g/mol. The highest BCUT2D eigenvalue weighted by Gasteiger charge is 2.31. The van der Waals surface area contributed by atoms with E-state index in [1.165, 1.54) is 24.3 Å². The largest absolute Gasteiger partial charge is 0.573 e. The van der Waals surface area contributed by atoms with Crippen LogP contribution in [0, 0.1) is 10.1 Å². The Morgan fingerprint density at radius 3 is 2.25 bits per heavy atom. The number of methoxy groups -OCH3 is 1. The van der Waals surface area contributed by atoms with Crippen molar-refractivity contribution in [3.05, 3.63) is 58.1 Å². The van der Waals surface area contributed by atoms with Gasteiger partial charge in [0.2, 0.25) is 0 Å². The topological polar surface area (TPSA) is 78.7 Å². The number of hydrogen-bond donors (Lipinski definition) is 0. The van der Waals surface area contributed by atoms with E-state index >= 15 is 0 Å². The van der Waals surface area contributed by atoms with Gasteiger partial charge in [0.15, 0.2) is 0 Å². The summed E-state index contributed by atoms with van der Waals surface area (Å²) in [7, 11) is 1.14. The number of nitrogens with zero attached hydrogens (tertiary/aromatic N) is 1. The van der Waals surface area contributed by atoms with E-state index in [4.69, 9.17) is 0 Å². The molecule has 0 aliphatic carbocycles. The van der Waals surface area contributed by atoms with Gasteiger partial charge < -0.3 is 9.47 Å². The molecule has 2 aromatic rings. The summed E-state index contributed by atoms with van der Waals surface area (Å²) in [5.74, 6) is -1.18. The van der Waals surface area contributed by atoms with E-state index in [2.05, 4.69) is 9.47 Å². The molecule has 0 aromatic heterocycles. The average Bonchev–Trinajstić information content (AvgIpc) is 2.52. The van der Waals surface area contributed by atoms with Crippen LogP contribution in [-0.2, 0) is 4.74 Å². The van der Waals surface area contributed by atoms with Crippen molar-refractivity contribution in [3.63, 3.8) is 0 Å². The van der Waals surface area contributed by atoms with Crippen LogP contribution >= 0.6 is 0 Å². The van der Waals surface area contributed by atoms with Gasteiger partial charge in [-0.3, -0.25) is 10.1 Å². The zero-order valence-electron chi connectivity index (χ0n) is 12.2. The van der Waals surface area contributed by atoms with E-state index in [9.17, 15) is 28.1 Å². The van der Waals surface area contributed by atoms with Gasteiger partial charge in [-0.2, -0.15) is 0 Å². The van der Waals surface area contributed by atoms with E-state index in [-0.39, 0.29) is 16.8 Å². The molecule has 0 aliphatic heterocycles. The molecule has 0 unspecified atom stereocenters. The van der Waals surface area contributed by atoms with Gasteiger partial charge in [0, 0.05) is 6.07 Å². The van der Waals surface area contributed by atoms with Gasteiger partial charge in [0.1, 0.15) is 5.75 Å². The SMILES string of the molecule is COC(=O)c1ccc(-c2ccc(OC(F)(F)F)cc2)c([N+](=O)[O-])c1. The average molecular weight is 341 g/mol. The van der Waals surface area contributed by atoms with Crippen LogP contribution < -0.4 is 4.74 Å². The van der Waals surface area contributed by atoms with Gasteiger partial charge >= 0.3 is 12.3 Å². The number of rotatable bonds is 4. The molecule has 2 aromatic carbocycles. The molecule has 126 valence electrons. The predicted octanol–water partition coefficient (Wildman–Crippen LogP) is 3.95. The van der Waals surface area contributed by atoms with E-state index in [0.29, 0.717) is 5.56 Å². The summed E-state index contributed by atoms with van der Waals surface area (Å²) in [5, 5.41) is 11.2. The quantitative estimate of drug-likeness (QED) is 0.478. The second kappa shape index (κ2) is 6.57. The number of hydrogen-bond acceptors (Lipinski definition) is 5. The van der Waals surface area contributed by atoms with E-state index < -0.39 is 23.0 Å². The fourth-order valence-electron chi connectivity index (χ4n) is 2.01. The number of alkyl halides is 3. The number of nitro benzene ring substituents is 1. The lowest BCUT2D eigenvalue weighted by atomic mass is 10.0. The fraction of sp³-hybridized carbons (Fsp3) is 0.133. The van der Waals surface area contributed by atoms with Crippen molar-refractivity contribution in [1.82, 2.24) is 0 Å². The third kappa shape index (κ3) is 4.00. The maximum atomic E-state index is 12.1.